The molecule has 0 aromatic heterocycles. The smallest absolute Gasteiger partial charge is 0.251 e. The van der Waals surface area contributed by atoms with E-state index in [1.165, 1.54) is 12.1 Å². The molecule has 0 atom stereocenters. The number of rotatable bonds is 7. The van der Waals surface area contributed by atoms with Gasteiger partial charge in [0.2, 0.25) is 5.76 Å². The Balaban J connectivity index is 1.51. The minimum Gasteiger partial charge on any atom is -0.479 e. The van der Waals surface area contributed by atoms with Crippen molar-refractivity contribution < 1.29 is 18.8 Å². The van der Waals surface area contributed by atoms with Gasteiger partial charge in [-0.05, 0) is 62.8 Å². The largest absolute Gasteiger partial charge is 0.479 e. The number of fused-ring (bicyclic) bond motifs is 1. The molecule has 6 nitrogen and oxygen atoms in total. The maximum Gasteiger partial charge on any atom is 0.251 e. The highest BCUT2D eigenvalue weighted by Gasteiger charge is 2.36. The number of allylic oxidation sites excluding steroid dienone is 1. The molecule has 0 radical (unpaired) electrons. The van der Waals surface area contributed by atoms with Crippen molar-refractivity contribution in [3.8, 4) is 0 Å². The number of hydrogen-bond acceptors (Lipinski definition) is 5. The van der Waals surface area contributed by atoms with E-state index in [1.54, 1.807) is 6.07 Å². The van der Waals surface area contributed by atoms with Gasteiger partial charge in [0.25, 0.3) is 5.91 Å². The Morgan fingerprint density at radius 2 is 1.85 bits per heavy atom. The Kier molecular flexibility index (Phi) is 6.42. The fourth-order valence-corrected chi connectivity index (χ4v) is 4.12. The van der Waals surface area contributed by atoms with Gasteiger partial charge in [-0.2, -0.15) is 0 Å². The second-order valence-electron chi connectivity index (χ2n) is 8.62. The van der Waals surface area contributed by atoms with Crippen molar-refractivity contribution in [2.24, 2.45) is 0 Å². The zero-order valence-electron chi connectivity index (χ0n) is 19.5. The van der Waals surface area contributed by atoms with E-state index in [-0.39, 0.29) is 11.7 Å². The predicted octanol–water partition coefficient (Wildman–Crippen LogP) is 4.82. The van der Waals surface area contributed by atoms with Crippen molar-refractivity contribution in [3.63, 3.8) is 0 Å². The molecule has 2 aliphatic heterocycles. The summed E-state index contributed by atoms with van der Waals surface area (Å²) in [6.45, 7) is 11.6. The SMILES string of the molecule is CCN(CC)CCNC(=O)c1ccc(C2=C/C(=C3\ONc4cc(F)ccc43)OC2(C)C)cc1. The number of benzene rings is 2. The van der Waals surface area contributed by atoms with Crippen LogP contribution in [-0.2, 0) is 9.57 Å². The number of likely N-dealkylation sites (N-methyl/N-ethyl adjacent to an activating group) is 1. The molecule has 0 unspecified atom stereocenters. The molecule has 2 N–H and O–H groups in total. The molecule has 0 saturated carbocycles. The van der Waals surface area contributed by atoms with Crippen LogP contribution in [0.2, 0.25) is 0 Å². The first-order valence-electron chi connectivity index (χ1n) is 11.3. The second-order valence-corrected chi connectivity index (χ2v) is 8.62. The molecule has 2 aromatic carbocycles. The Hall–Kier alpha value is -3.32. The first-order valence-corrected chi connectivity index (χ1v) is 11.3. The minimum atomic E-state index is -0.595. The summed E-state index contributed by atoms with van der Waals surface area (Å²) in [7, 11) is 0. The Labute approximate surface area is 194 Å². The van der Waals surface area contributed by atoms with Crippen molar-refractivity contribution in [1.29, 1.82) is 0 Å². The van der Waals surface area contributed by atoms with Gasteiger partial charge in [0.1, 0.15) is 11.4 Å². The predicted molar refractivity (Wildman–Crippen MR) is 128 cm³/mol. The summed E-state index contributed by atoms with van der Waals surface area (Å²) in [4.78, 5) is 20.4. The number of ether oxygens (including phenoxy) is 1. The number of halogens is 1. The zero-order valence-corrected chi connectivity index (χ0v) is 19.5. The average molecular weight is 452 g/mol. The molecule has 33 heavy (non-hydrogen) atoms. The molecule has 0 aliphatic carbocycles. The molecular weight excluding hydrogens is 421 g/mol. The van der Waals surface area contributed by atoms with Crippen molar-refractivity contribution >= 4 is 22.9 Å². The maximum atomic E-state index is 13.5. The van der Waals surface area contributed by atoms with Crippen LogP contribution in [0.3, 0.4) is 0 Å². The molecular formula is C26H30FN3O3. The molecule has 2 heterocycles. The van der Waals surface area contributed by atoms with Crippen LogP contribution in [-0.4, -0.2) is 42.6 Å². The van der Waals surface area contributed by atoms with E-state index in [1.807, 2.05) is 44.2 Å². The van der Waals surface area contributed by atoms with Crippen molar-refractivity contribution in [2.75, 3.05) is 31.7 Å². The molecule has 0 spiro atoms. The highest BCUT2D eigenvalue weighted by atomic mass is 19.1. The summed E-state index contributed by atoms with van der Waals surface area (Å²) < 4.78 is 19.7. The van der Waals surface area contributed by atoms with Crippen LogP contribution in [0.25, 0.3) is 11.3 Å². The summed E-state index contributed by atoms with van der Waals surface area (Å²) in [5.41, 5.74) is 6.01. The summed E-state index contributed by atoms with van der Waals surface area (Å²) in [5.74, 6) is 0.683. The summed E-state index contributed by atoms with van der Waals surface area (Å²) >= 11 is 0. The van der Waals surface area contributed by atoms with Gasteiger partial charge >= 0.3 is 0 Å². The molecule has 2 aliphatic rings. The van der Waals surface area contributed by atoms with Crippen molar-refractivity contribution in [3.05, 3.63) is 76.8 Å². The number of nitrogens with one attached hydrogen (secondary N) is 2. The summed E-state index contributed by atoms with van der Waals surface area (Å²) in [6.07, 6.45) is 1.94. The number of amides is 1. The maximum absolute atomic E-state index is 13.5. The lowest BCUT2D eigenvalue weighted by atomic mass is 9.92. The third kappa shape index (κ3) is 4.73. The van der Waals surface area contributed by atoms with Gasteiger partial charge in [-0.3, -0.25) is 4.79 Å². The molecule has 1 amide bonds. The first-order chi connectivity index (χ1) is 15.8. The Morgan fingerprint density at radius 1 is 1.12 bits per heavy atom. The van der Waals surface area contributed by atoms with E-state index in [2.05, 4.69) is 29.5 Å². The first kappa shape index (κ1) is 22.9. The van der Waals surface area contributed by atoms with Crippen LogP contribution in [0, 0.1) is 5.82 Å². The van der Waals surface area contributed by atoms with E-state index < -0.39 is 5.60 Å². The van der Waals surface area contributed by atoms with Gasteiger partial charge in [0.05, 0.1) is 11.3 Å². The van der Waals surface area contributed by atoms with E-state index in [0.717, 1.165) is 36.3 Å². The third-order valence-electron chi connectivity index (χ3n) is 6.07. The monoisotopic (exact) mass is 451 g/mol. The van der Waals surface area contributed by atoms with Gasteiger partial charge in [0, 0.05) is 30.3 Å². The number of nitrogens with zero attached hydrogens (tertiary/aromatic N) is 1. The number of carbonyl (C=O) groups is 1. The fraction of sp³-hybridized carbons (Fsp3) is 0.346. The van der Waals surface area contributed by atoms with Crippen molar-refractivity contribution in [1.82, 2.24) is 10.2 Å². The van der Waals surface area contributed by atoms with Crippen LogP contribution in [0.4, 0.5) is 10.1 Å². The standard InChI is InChI=1S/C26H30FN3O3/c1-5-30(6-2)14-13-28-25(31)18-9-7-17(8-10-18)21-16-23(32-26(21,3)4)24-20-12-11-19(27)15-22(20)29-33-24/h7-12,15-16,29H,5-6,13-14H2,1-4H3,(H,28,31)/b24-23+. The van der Waals surface area contributed by atoms with Crippen LogP contribution in [0.5, 0.6) is 0 Å². The molecule has 7 heteroatoms. The van der Waals surface area contributed by atoms with Crippen molar-refractivity contribution in [2.45, 2.75) is 33.3 Å². The highest BCUT2D eigenvalue weighted by molar-refractivity contribution is 5.94. The number of carbonyl (C=O) groups excluding carboxylic acids is 1. The highest BCUT2D eigenvalue weighted by Crippen LogP contribution is 2.44. The molecule has 0 fully saturated rings. The van der Waals surface area contributed by atoms with Crippen LogP contribution < -0.4 is 10.8 Å². The lowest BCUT2D eigenvalue weighted by Gasteiger charge is -2.23. The lowest BCUT2D eigenvalue weighted by Crippen LogP contribution is -2.34. The quantitative estimate of drug-likeness (QED) is 0.632. The molecule has 174 valence electrons. The molecule has 2 aromatic rings. The van der Waals surface area contributed by atoms with Crippen LogP contribution >= 0.6 is 0 Å². The fourth-order valence-electron chi connectivity index (χ4n) is 4.12. The van der Waals surface area contributed by atoms with Crippen LogP contribution in [0.1, 0.15) is 49.2 Å². The molecule has 0 bridgehead atoms. The van der Waals surface area contributed by atoms with Crippen LogP contribution in [0.15, 0.2) is 54.3 Å². The van der Waals surface area contributed by atoms with E-state index in [9.17, 15) is 9.18 Å². The molecule has 0 saturated heterocycles. The van der Waals surface area contributed by atoms with Gasteiger partial charge in [-0.25, -0.2) is 9.87 Å². The Bertz CT molecular complexity index is 1100. The van der Waals surface area contributed by atoms with Gasteiger partial charge in [-0.1, -0.05) is 26.0 Å². The van der Waals surface area contributed by atoms with Gasteiger partial charge < -0.3 is 19.8 Å². The average Bonchev–Trinajstić information content (AvgIpc) is 3.36. The molecule has 4 rings (SSSR count). The topological polar surface area (TPSA) is 62.8 Å². The zero-order chi connectivity index (χ0) is 23.6. The van der Waals surface area contributed by atoms with E-state index >= 15 is 0 Å². The lowest BCUT2D eigenvalue weighted by molar-refractivity contribution is 0.0949. The third-order valence-corrected chi connectivity index (χ3v) is 6.07. The minimum absolute atomic E-state index is 0.0818. The van der Waals surface area contributed by atoms with Gasteiger partial charge in [0.15, 0.2) is 5.76 Å². The van der Waals surface area contributed by atoms with E-state index in [4.69, 9.17) is 9.57 Å². The summed E-state index contributed by atoms with van der Waals surface area (Å²) in [6, 6.07) is 12.0. The summed E-state index contributed by atoms with van der Waals surface area (Å²) in [5, 5.41) is 2.98. The van der Waals surface area contributed by atoms with E-state index in [0.29, 0.717) is 29.3 Å². The van der Waals surface area contributed by atoms with Gasteiger partial charge in [-0.15, -0.1) is 0 Å². The number of hydrogen-bond donors (Lipinski definition) is 2. The number of anilines is 1. The normalized spacial score (nSPS) is 18.3. The Morgan fingerprint density at radius 3 is 2.55 bits per heavy atom. The second kappa shape index (κ2) is 9.27.